The van der Waals surface area contributed by atoms with Gasteiger partial charge in [0.2, 0.25) is 0 Å². The highest BCUT2D eigenvalue weighted by molar-refractivity contribution is 7.19. The van der Waals surface area contributed by atoms with Crippen molar-refractivity contribution in [2.24, 2.45) is 0 Å². The molecule has 1 aliphatic heterocycles. The van der Waals surface area contributed by atoms with Crippen LogP contribution in [0.2, 0.25) is 0 Å². The Balaban J connectivity index is 1.73. The van der Waals surface area contributed by atoms with Crippen LogP contribution in [0.4, 0.5) is 5.82 Å². The lowest BCUT2D eigenvalue weighted by Crippen LogP contribution is -2.62. The molecule has 0 aromatic carbocycles. The van der Waals surface area contributed by atoms with E-state index in [0.29, 0.717) is 13.1 Å². The molecule has 0 saturated carbocycles. The van der Waals surface area contributed by atoms with Crippen LogP contribution in [0, 0.1) is 11.3 Å². The van der Waals surface area contributed by atoms with Crippen molar-refractivity contribution >= 4 is 27.4 Å². The molecular formula is C14H14N4OS. The Hall–Kier alpha value is -1.71. The van der Waals surface area contributed by atoms with Gasteiger partial charge in [0.15, 0.2) is 0 Å². The number of hydrogen-bond acceptors (Lipinski definition) is 6. The summed E-state index contributed by atoms with van der Waals surface area (Å²) in [4.78, 5) is 13.4. The van der Waals surface area contributed by atoms with Crippen molar-refractivity contribution in [3.8, 4) is 6.07 Å². The predicted octanol–water partition coefficient (Wildman–Crippen LogP) is 1.64. The zero-order valence-corrected chi connectivity index (χ0v) is 11.8. The van der Waals surface area contributed by atoms with Gasteiger partial charge >= 0.3 is 0 Å². The number of aromatic nitrogens is 2. The SMILES string of the molecule is N#CCC1(O)CN(c2ncnc3sc4c(c23)CCC4)C1. The highest BCUT2D eigenvalue weighted by Gasteiger charge is 2.42. The van der Waals surface area contributed by atoms with Crippen LogP contribution in [0.1, 0.15) is 23.3 Å². The monoisotopic (exact) mass is 286 g/mol. The molecule has 20 heavy (non-hydrogen) atoms. The van der Waals surface area contributed by atoms with E-state index >= 15 is 0 Å². The van der Waals surface area contributed by atoms with E-state index in [0.717, 1.165) is 23.5 Å². The fourth-order valence-electron chi connectivity index (χ4n) is 3.22. The number of rotatable bonds is 2. The second-order valence-electron chi connectivity index (χ2n) is 5.65. The van der Waals surface area contributed by atoms with Crippen LogP contribution >= 0.6 is 11.3 Å². The molecule has 0 amide bonds. The predicted molar refractivity (Wildman–Crippen MR) is 76.8 cm³/mol. The first kappa shape index (κ1) is 12.1. The molecule has 0 radical (unpaired) electrons. The Kier molecular flexibility index (Phi) is 2.50. The third-order valence-corrected chi connectivity index (χ3v) is 5.36. The van der Waals surface area contributed by atoms with E-state index in [9.17, 15) is 5.11 Å². The molecule has 6 heteroatoms. The summed E-state index contributed by atoms with van der Waals surface area (Å²) in [6.45, 7) is 0.967. The molecule has 0 bridgehead atoms. The summed E-state index contributed by atoms with van der Waals surface area (Å²) >= 11 is 1.77. The minimum absolute atomic E-state index is 0.180. The van der Waals surface area contributed by atoms with Crippen LogP contribution in [-0.2, 0) is 12.8 Å². The van der Waals surface area contributed by atoms with Crippen molar-refractivity contribution in [2.75, 3.05) is 18.0 Å². The van der Waals surface area contributed by atoms with Crippen molar-refractivity contribution in [1.29, 1.82) is 5.26 Å². The number of thiophene rings is 1. The van der Waals surface area contributed by atoms with E-state index in [-0.39, 0.29) is 6.42 Å². The molecule has 4 rings (SSSR count). The van der Waals surface area contributed by atoms with E-state index in [1.807, 2.05) is 6.07 Å². The first-order valence-electron chi connectivity index (χ1n) is 6.80. The summed E-state index contributed by atoms with van der Waals surface area (Å²) in [6, 6.07) is 2.05. The topological polar surface area (TPSA) is 73.0 Å². The number of anilines is 1. The molecule has 5 nitrogen and oxygen atoms in total. The van der Waals surface area contributed by atoms with Gasteiger partial charge in [0.05, 0.1) is 31.0 Å². The van der Waals surface area contributed by atoms with Gasteiger partial charge in [-0.15, -0.1) is 11.3 Å². The molecule has 3 heterocycles. The maximum Gasteiger partial charge on any atom is 0.141 e. The summed E-state index contributed by atoms with van der Waals surface area (Å²) in [6.07, 6.45) is 5.24. The quantitative estimate of drug-likeness (QED) is 0.908. The molecule has 0 spiro atoms. The normalized spacial score (nSPS) is 19.7. The minimum atomic E-state index is -0.870. The summed E-state index contributed by atoms with van der Waals surface area (Å²) in [5, 5.41) is 20.1. The number of nitrogens with zero attached hydrogens (tertiary/aromatic N) is 4. The first-order chi connectivity index (χ1) is 9.70. The number of nitriles is 1. The lowest BCUT2D eigenvalue weighted by molar-refractivity contribution is 0.0164. The maximum absolute atomic E-state index is 10.2. The van der Waals surface area contributed by atoms with Gasteiger partial charge in [0.25, 0.3) is 0 Å². The molecule has 102 valence electrons. The first-order valence-corrected chi connectivity index (χ1v) is 7.61. The molecular weight excluding hydrogens is 272 g/mol. The van der Waals surface area contributed by atoms with Crippen molar-refractivity contribution in [3.63, 3.8) is 0 Å². The average Bonchev–Trinajstić information content (AvgIpc) is 2.95. The molecule has 0 unspecified atom stereocenters. The van der Waals surface area contributed by atoms with Crippen LogP contribution in [0.3, 0.4) is 0 Å². The van der Waals surface area contributed by atoms with Gasteiger partial charge in [-0.1, -0.05) is 0 Å². The number of aryl methyl sites for hydroxylation is 2. The molecule has 1 aliphatic carbocycles. The highest BCUT2D eigenvalue weighted by atomic mass is 32.1. The van der Waals surface area contributed by atoms with Crippen molar-refractivity contribution in [2.45, 2.75) is 31.3 Å². The van der Waals surface area contributed by atoms with Gasteiger partial charge < -0.3 is 10.0 Å². The van der Waals surface area contributed by atoms with Gasteiger partial charge in [-0.3, -0.25) is 0 Å². The van der Waals surface area contributed by atoms with Crippen molar-refractivity contribution < 1.29 is 5.11 Å². The third kappa shape index (κ3) is 1.63. The van der Waals surface area contributed by atoms with Gasteiger partial charge in [0, 0.05) is 4.88 Å². The van der Waals surface area contributed by atoms with Gasteiger partial charge in [-0.05, 0) is 24.8 Å². The van der Waals surface area contributed by atoms with Crippen LogP contribution in [0.15, 0.2) is 6.33 Å². The zero-order chi connectivity index (χ0) is 13.7. The molecule has 0 atom stereocenters. The summed E-state index contributed by atoms with van der Waals surface area (Å²) < 4.78 is 0. The smallest absolute Gasteiger partial charge is 0.141 e. The second kappa shape index (κ2) is 4.14. The van der Waals surface area contributed by atoms with Crippen molar-refractivity contribution in [1.82, 2.24) is 9.97 Å². The van der Waals surface area contributed by atoms with Crippen LogP contribution in [0.5, 0.6) is 0 Å². The summed E-state index contributed by atoms with van der Waals surface area (Å²) in [5.41, 5.74) is 0.530. The maximum atomic E-state index is 10.2. The van der Waals surface area contributed by atoms with Crippen LogP contribution < -0.4 is 4.90 Å². The molecule has 2 aromatic heterocycles. The number of aliphatic hydroxyl groups is 1. The third-order valence-electron chi connectivity index (χ3n) is 4.16. The molecule has 1 saturated heterocycles. The minimum Gasteiger partial charge on any atom is -0.385 e. The number of β-amino-alcohol motifs (C(OH)–C–C–N with tert-alkyl or cyclic N) is 1. The Bertz CT molecular complexity index is 727. The van der Waals surface area contributed by atoms with E-state index < -0.39 is 5.60 Å². The summed E-state index contributed by atoms with van der Waals surface area (Å²) in [7, 11) is 0. The number of fused-ring (bicyclic) bond motifs is 3. The second-order valence-corrected chi connectivity index (χ2v) is 6.73. The zero-order valence-electron chi connectivity index (χ0n) is 11.0. The van der Waals surface area contributed by atoms with E-state index in [1.54, 1.807) is 17.7 Å². The Morgan fingerprint density at radius 1 is 1.40 bits per heavy atom. The lowest BCUT2D eigenvalue weighted by atomic mass is 9.91. The Labute approximate surface area is 120 Å². The average molecular weight is 286 g/mol. The van der Waals surface area contributed by atoms with E-state index in [4.69, 9.17) is 5.26 Å². The van der Waals surface area contributed by atoms with Crippen LogP contribution in [0.25, 0.3) is 10.2 Å². The van der Waals surface area contributed by atoms with E-state index in [2.05, 4.69) is 14.9 Å². The Morgan fingerprint density at radius 3 is 3.05 bits per heavy atom. The van der Waals surface area contributed by atoms with Gasteiger partial charge in [0.1, 0.15) is 22.6 Å². The fraction of sp³-hybridized carbons (Fsp3) is 0.500. The lowest BCUT2D eigenvalue weighted by Gasteiger charge is -2.46. The standard InChI is InChI=1S/C14H14N4OS/c15-5-4-14(19)6-18(7-14)12-11-9-2-1-3-10(9)20-13(11)17-8-16-12/h8,19H,1-4,6-7H2. The molecule has 2 aliphatic rings. The summed E-state index contributed by atoms with van der Waals surface area (Å²) in [5.74, 6) is 0.928. The van der Waals surface area contributed by atoms with E-state index in [1.165, 1.54) is 22.2 Å². The van der Waals surface area contributed by atoms with Crippen LogP contribution in [-0.4, -0.2) is 33.8 Å². The number of hydrogen-bond donors (Lipinski definition) is 1. The van der Waals surface area contributed by atoms with Gasteiger partial charge in [-0.2, -0.15) is 5.26 Å². The molecule has 2 aromatic rings. The van der Waals surface area contributed by atoms with Gasteiger partial charge in [-0.25, -0.2) is 9.97 Å². The Morgan fingerprint density at radius 2 is 2.25 bits per heavy atom. The molecule has 1 fully saturated rings. The largest absolute Gasteiger partial charge is 0.385 e. The highest BCUT2D eigenvalue weighted by Crippen LogP contribution is 2.42. The fourth-order valence-corrected chi connectivity index (χ4v) is 4.45. The van der Waals surface area contributed by atoms with Crippen molar-refractivity contribution in [3.05, 3.63) is 16.8 Å². The molecule has 1 N–H and O–H groups in total.